The van der Waals surface area contributed by atoms with E-state index in [2.05, 4.69) is 5.32 Å². The van der Waals surface area contributed by atoms with Crippen LogP contribution >= 0.6 is 11.8 Å². The molecule has 4 rings (SSSR count). The van der Waals surface area contributed by atoms with Gasteiger partial charge in [-0.05, 0) is 44.2 Å². The number of nitrogens with zero attached hydrogens (tertiary/aromatic N) is 1. The van der Waals surface area contributed by atoms with Crippen LogP contribution in [0.1, 0.15) is 25.5 Å². The summed E-state index contributed by atoms with van der Waals surface area (Å²) < 4.78 is 64.9. The maximum Gasteiger partial charge on any atom is 0.295 e. The van der Waals surface area contributed by atoms with Crippen molar-refractivity contribution in [3.05, 3.63) is 40.6 Å². The number of benzene rings is 1. The summed E-state index contributed by atoms with van der Waals surface area (Å²) in [6, 6.07) is 5.35. The van der Waals surface area contributed by atoms with Crippen LogP contribution in [0, 0.1) is 0 Å². The van der Waals surface area contributed by atoms with Gasteiger partial charge in [-0.2, -0.15) is 0 Å². The Bertz CT molecular complexity index is 899. The van der Waals surface area contributed by atoms with E-state index in [4.69, 9.17) is 9.15 Å². The zero-order valence-corrected chi connectivity index (χ0v) is 16.0. The van der Waals surface area contributed by atoms with Crippen LogP contribution < -0.4 is 10.1 Å². The lowest BCUT2D eigenvalue weighted by molar-refractivity contribution is -0.0819. The number of nitrogens with one attached hydrogen (secondary N) is 1. The first kappa shape index (κ1) is 19.4. The molecule has 0 radical (unpaired) electrons. The Morgan fingerprint density at radius 2 is 2.18 bits per heavy atom. The summed E-state index contributed by atoms with van der Waals surface area (Å²) in [6.45, 7) is 2.36. The van der Waals surface area contributed by atoms with Gasteiger partial charge in [-0.1, -0.05) is 0 Å². The molecule has 1 saturated heterocycles. The average Bonchev–Trinajstić information content (AvgIpc) is 3.23. The van der Waals surface area contributed by atoms with E-state index in [1.165, 1.54) is 17.8 Å². The van der Waals surface area contributed by atoms with E-state index in [0.717, 1.165) is 10.6 Å². The average molecular weight is 416 g/mol. The second kappa shape index (κ2) is 7.51. The minimum Gasteiger partial charge on any atom is -0.488 e. The van der Waals surface area contributed by atoms with Crippen molar-refractivity contribution in [2.24, 2.45) is 0 Å². The Morgan fingerprint density at radius 3 is 2.93 bits per heavy atom. The summed E-state index contributed by atoms with van der Waals surface area (Å²) in [4.78, 5) is 2.66. The minimum atomic E-state index is -2.77. The number of rotatable bonds is 5. The highest BCUT2D eigenvalue weighted by Gasteiger charge is 2.46. The highest BCUT2D eigenvalue weighted by molar-refractivity contribution is 8.03. The van der Waals surface area contributed by atoms with Crippen molar-refractivity contribution in [2.45, 2.75) is 31.7 Å². The first-order valence-electron chi connectivity index (χ1n) is 8.97. The molecule has 1 aromatic carbocycles. The Hall–Kier alpha value is -1.87. The summed E-state index contributed by atoms with van der Waals surface area (Å²) in [5, 5.41) is 3.28. The van der Waals surface area contributed by atoms with Crippen LogP contribution in [0.25, 0.3) is 11.0 Å². The van der Waals surface area contributed by atoms with Crippen molar-refractivity contribution in [1.82, 2.24) is 10.2 Å². The SMILES string of the molecule is CC1=C(COc2ccc3oc(C(F)F)cc3c2)SCN1C1CCNCC1(F)F. The number of hydrogen-bond acceptors (Lipinski definition) is 5. The van der Waals surface area contributed by atoms with Crippen LogP contribution in [0.3, 0.4) is 0 Å². The quantitative estimate of drug-likeness (QED) is 0.696. The lowest BCUT2D eigenvalue weighted by atomic mass is 10.0. The molecular formula is C19H20F4N2O2S. The van der Waals surface area contributed by atoms with E-state index in [9.17, 15) is 17.6 Å². The van der Waals surface area contributed by atoms with Gasteiger partial charge in [0.25, 0.3) is 12.3 Å². The van der Waals surface area contributed by atoms with Gasteiger partial charge in [-0.3, -0.25) is 0 Å². The van der Waals surface area contributed by atoms with E-state index in [1.54, 1.807) is 23.1 Å². The fourth-order valence-electron chi connectivity index (χ4n) is 3.57. The number of halogens is 4. The van der Waals surface area contributed by atoms with Crippen molar-refractivity contribution in [3.63, 3.8) is 0 Å². The van der Waals surface area contributed by atoms with Crippen LogP contribution in [0.5, 0.6) is 5.75 Å². The van der Waals surface area contributed by atoms with Crippen molar-refractivity contribution in [3.8, 4) is 5.75 Å². The molecule has 1 atom stereocenters. The largest absolute Gasteiger partial charge is 0.488 e. The first-order chi connectivity index (χ1) is 13.3. The maximum absolute atomic E-state index is 14.2. The lowest BCUT2D eigenvalue weighted by Crippen LogP contribution is -2.56. The predicted molar refractivity (Wildman–Crippen MR) is 99.9 cm³/mol. The second-order valence-corrected chi connectivity index (χ2v) is 7.97. The van der Waals surface area contributed by atoms with Gasteiger partial charge < -0.3 is 19.4 Å². The summed E-state index contributed by atoms with van der Waals surface area (Å²) in [5.74, 6) is -2.16. The molecule has 0 saturated carbocycles. The molecule has 2 aliphatic rings. The maximum atomic E-state index is 14.2. The zero-order chi connectivity index (χ0) is 19.9. The molecule has 28 heavy (non-hydrogen) atoms. The molecule has 0 aliphatic carbocycles. The molecule has 152 valence electrons. The van der Waals surface area contributed by atoms with Crippen LogP contribution in [0.4, 0.5) is 17.6 Å². The number of ether oxygens (including phenoxy) is 1. The normalized spacial score (nSPS) is 22.5. The van der Waals surface area contributed by atoms with Gasteiger partial charge in [0.05, 0.1) is 18.5 Å². The van der Waals surface area contributed by atoms with E-state index in [0.29, 0.717) is 35.6 Å². The predicted octanol–water partition coefficient (Wildman–Crippen LogP) is 4.98. The molecule has 2 aromatic rings. The summed E-state index contributed by atoms with van der Waals surface area (Å²) in [6.07, 6.45) is -2.28. The Morgan fingerprint density at radius 1 is 1.36 bits per heavy atom. The van der Waals surface area contributed by atoms with Gasteiger partial charge >= 0.3 is 0 Å². The van der Waals surface area contributed by atoms with Gasteiger partial charge in [0, 0.05) is 16.0 Å². The lowest BCUT2D eigenvalue weighted by Gasteiger charge is -2.39. The third-order valence-electron chi connectivity index (χ3n) is 5.12. The first-order valence-corrected chi connectivity index (χ1v) is 9.96. The molecule has 0 bridgehead atoms. The molecule has 1 aromatic heterocycles. The fraction of sp³-hybridized carbons (Fsp3) is 0.474. The molecule has 1 fully saturated rings. The molecule has 0 spiro atoms. The van der Waals surface area contributed by atoms with Crippen molar-refractivity contribution >= 4 is 22.7 Å². The van der Waals surface area contributed by atoms with Crippen LogP contribution in [-0.2, 0) is 0 Å². The van der Waals surface area contributed by atoms with E-state index in [1.807, 2.05) is 6.92 Å². The summed E-state index contributed by atoms with van der Waals surface area (Å²) in [5.41, 5.74) is 1.17. The van der Waals surface area contributed by atoms with Gasteiger partial charge in [0.2, 0.25) is 0 Å². The summed E-state index contributed by atoms with van der Waals surface area (Å²) >= 11 is 1.49. The van der Waals surface area contributed by atoms with Crippen molar-refractivity contribution in [1.29, 1.82) is 0 Å². The van der Waals surface area contributed by atoms with Gasteiger partial charge in [0.15, 0.2) is 5.76 Å². The third kappa shape index (κ3) is 3.69. The molecular weight excluding hydrogens is 396 g/mol. The highest BCUT2D eigenvalue weighted by atomic mass is 32.2. The minimum absolute atomic E-state index is 0.245. The van der Waals surface area contributed by atoms with Gasteiger partial charge in [-0.15, -0.1) is 11.8 Å². The monoisotopic (exact) mass is 416 g/mol. The number of fused-ring (bicyclic) bond motifs is 1. The van der Waals surface area contributed by atoms with Crippen molar-refractivity contribution in [2.75, 3.05) is 25.6 Å². The smallest absolute Gasteiger partial charge is 0.295 e. The van der Waals surface area contributed by atoms with E-state index < -0.39 is 18.4 Å². The number of thioether (sulfide) groups is 1. The highest BCUT2D eigenvalue weighted by Crippen LogP contribution is 2.39. The molecule has 0 amide bonds. The molecule has 1 unspecified atom stereocenters. The van der Waals surface area contributed by atoms with Crippen molar-refractivity contribution < 1.29 is 26.7 Å². The Kier molecular flexibility index (Phi) is 5.22. The number of piperidine rings is 1. The van der Waals surface area contributed by atoms with Gasteiger partial charge in [0.1, 0.15) is 17.9 Å². The van der Waals surface area contributed by atoms with Crippen LogP contribution in [0.2, 0.25) is 0 Å². The summed E-state index contributed by atoms with van der Waals surface area (Å²) in [7, 11) is 0. The number of allylic oxidation sites excluding steroid dienone is 1. The number of furan rings is 1. The molecule has 1 N–H and O–H groups in total. The molecule has 9 heteroatoms. The number of hydrogen-bond donors (Lipinski definition) is 1. The van der Waals surface area contributed by atoms with Gasteiger partial charge in [-0.25, -0.2) is 17.6 Å². The molecule has 3 heterocycles. The Balaban J connectivity index is 1.45. The molecule has 4 nitrogen and oxygen atoms in total. The topological polar surface area (TPSA) is 37.6 Å². The molecule has 2 aliphatic heterocycles. The zero-order valence-electron chi connectivity index (χ0n) is 15.2. The Labute approximate surface area is 163 Å². The second-order valence-electron chi connectivity index (χ2n) is 6.93. The van der Waals surface area contributed by atoms with E-state index in [-0.39, 0.29) is 18.9 Å². The third-order valence-corrected chi connectivity index (χ3v) is 6.29. The van der Waals surface area contributed by atoms with E-state index >= 15 is 0 Å². The standard InChI is InChI=1S/C19H20F4N2O2S/c1-11-16(28-10-25(11)17-4-5-24-9-19(17,22)23)8-26-13-2-3-14-12(6-13)7-15(27-14)18(20)21/h2-3,6-7,17-18,24H,4-5,8-10H2,1H3. The van der Waals surface area contributed by atoms with Crippen LogP contribution in [-0.4, -0.2) is 42.4 Å². The number of alkyl halides is 4. The van der Waals surface area contributed by atoms with Crippen LogP contribution in [0.15, 0.2) is 39.3 Å². The fourth-order valence-corrected chi connectivity index (χ4v) is 4.71.